The number of carbonyl (C=O) groups is 1. The molecule has 0 saturated heterocycles. The van der Waals surface area contributed by atoms with Crippen molar-refractivity contribution < 1.29 is 4.79 Å². The second-order valence-electron chi connectivity index (χ2n) is 6.08. The maximum Gasteiger partial charge on any atom is 0.251 e. The summed E-state index contributed by atoms with van der Waals surface area (Å²) >= 11 is 0. The third kappa shape index (κ3) is 2.89. The van der Waals surface area contributed by atoms with Gasteiger partial charge in [0.1, 0.15) is 0 Å². The van der Waals surface area contributed by atoms with Crippen molar-refractivity contribution >= 4 is 11.6 Å². The van der Waals surface area contributed by atoms with Gasteiger partial charge in [0.25, 0.3) is 5.91 Å². The first-order chi connectivity index (χ1) is 8.94. The van der Waals surface area contributed by atoms with Crippen LogP contribution in [0.2, 0.25) is 0 Å². The van der Waals surface area contributed by atoms with Crippen molar-refractivity contribution in [2.45, 2.75) is 46.1 Å². The maximum atomic E-state index is 12.3. The number of nitrogens with two attached hydrogens (primary N) is 1. The zero-order valence-corrected chi connectivity index (χ0v) is 11.9. The number of amides is 1. The van der Waals surface area contributed by atoms with Gasteiger partial charge in [0.2, 0.25) is 0 Å². The molecule has 1 aliphatic carbocycles. The van der Waals surface area contributed by atoms with Gasteiger partial charge in [0.15, 0.2) is 0 Å². The fourth-order valence-electron chi connectivity index (χ4n) is 2.84. The van der Waals surface area contributed by atoms with Crippen LogP contribution in [0.3, 0.4) is 0 Å². The fourth-order valence-corrected chi connectivity index (χ4v) is 2.84. The van der Waals surface area contributed by atoms with Crippen LogP contribution in [-0.4, -0.2) is 11.9 Å². The maximum absolute atomic E-state index is 12.3. The molecule has 0 bridgehead atoms. The summed E-state index contributed by atoms with van der Waals surface area (Å²) in [4.78, 5) is 12.3. The average molecular weight is 261 g/mol. The molecule has 4 nitrogen and oxygen atoms in total. The summed E-state index contributed by atoms with van der Waals surface area (Å²) in [6.07, 6.45) is 3.43. The molecule has 2 rings (SSSR count). The summed E-state index contributed by atoms with van der Waals surface area (Å²) in [5, 5.41) is 3.17. The number of aryl methyl sites for hydroxylation is 1. The highest BCUT2D eigenvalue weighted by Crippen LogP contribution is 2.37. The van der Waals surface area contributed by atoms with Crippen LogP contribution in [0.5, 0.6) is 0 Å². The van der Waals surface area contributed by atoms with Crippen molar-refractivity contribution in [3.8, 4) is 0 Å². The summed E-state index contributed by atoms with van der Waals surface area (Å²) in [6.45, 7) is 6.37. The second-order valence-corrected chi connectivity index (χ2v) is 6.08. The Kier molecular flexibility index (Phi) is 3.80. The minimum atomic E-state index is 0.0149. The van der Waals surface area contributed by atoms with Gasteiger partial charge < -0.3 is 10.7 Å². The molecule has 4 N–H and O–H groups in total. The highest BCUT2D eigenvalue weighted by Gasteiger charge is 2.35. The molecule has 0 heterocycles. The van der Waals surface area contributed by atoms with Crippen LogP contribution in [0.4, 0.5) is 5.69 Å². The van der Waals surface area contributed by atoms with Crippen molar-refractivity contribution in [3.63, 3.8) is 0 Å². The van der Waals surface area contributed by atoms with E-state index >= 15 is 0 Å². The topological polar surface area (TPSA) is 67.1 Å². The lowest BCUT2D eigenvalue weighted by atomic mass is 9.87. The normalized spacial score (nSPS) is 21.2. The second kappa shape index (κ2) is 5.21. The Hall–Kier alpha value is -1.55. The molecule has 1 amide bonds. The van der Waals surface area contributed by atoms with Crippen molar-refractivity contribution in [2.75, 3.05) is 5.43 Å². The molecule has 1 aliphatic rings. The van der Waals surface area contributed by atoms with E-state index in [-0.39, 0.29) is 17.4 Å². The van der Waals surface area contributed by atoms with Gasteiger partial charge in [0.05, 0.1) is 0 Å². The van der Waals surface area contributed by atoms with E-state index in [1.54, 1.807) is 0 Å². The predicted octanol–water partition coefficient (Wildman–Crippen LogP) is 2.59. The molecule has 4 heteroatoms. The SMILES string of the molecule is Cc1cc(NN)ccc1C(=O)NC1CCCC1(C)C. The monoisotopic (exact) mass is 261 g/mol. The standard InChI is InChI=1S/C15H23N3O/c1-10-9-11(18-16)6-7-12(10)14(19)17-13-5-4-8-15(13,2)3/h6-7,9,13,18H,4-5,8,16H2,1-3H3,(H,17,19). The summed E-state index contributed by atoms with van der Waals surface area (Å²) in [5.41, 5.74) is 5.26. The molecule has 0 aliphatic heterocycles. The van der Waals surface area contributed by atoms with E-state index in [9.17, 15) is 4.79 Å². The van der Waals surface area contributed by atoms with Crippen molar-refractivity contribution in [1.29, 1.82) is 0 Å². The molecule has 1 fully saturated rings. The van der Waals surface area contributed by atoms with Crippen LogP contribution in [-0.2, 0) is 0 Å². The van der Waals surface area contributed by atoms with Crippen LogP contribution >= 0.6 is 0 Å². The minimum Gasteiger partial charge on any atom is -0.349 e. The molecule has 19 heavy (non-hydrogen) atoms. The van der Waals surface area contributed by atoms with Gasteiger partial charge in [-0.05, 0) is 48.9 Å². The molecule has 0 spiro atoms. The van der Waals surface area contributed by atoms with Gasteiger partial charge in [-0.25, -0.2) is 0 Å². The van der Waals surface area contributed by atoms with E-state index in [1.165, 1.54) is 12.8 Å². The molecule has 1 atom stereocenters. The number of anilines is 1. The molecule has 0 aromatic heterocycles. The van der Waals surface area contributed by atoms with Crippen LogP contribution < -0.4 is 16.6 Å². The Labute approximate surface area is 114 Å². The third-order valence-electron chi connectivity index (χ3n) is 4.20. The zero-order chi connectivity index (χ0) is 14.0. The van der Waals surface area contributed by atoms with Gasteiger partial charge in [-0.3, -0.25) is 10.6 Å². The molecule has 1 saturated carbocycles. The first-order valence-corrected chi connectivity index (χ1v) is 6.82. The smallest absolute Gasteiger partial charge is 0.251 e. The fraction of sp³-hybridized carbons (Fsp3) is 0.533. The molecule has 1 aromatic carbocycles. The van der Waals surface area contributed by atoms with Gasteiger partial charge in [-0.15, -0.1) is 0 Å². The number of benzene rings is 1. The summed E-state index contributed by atoms with van der Waals surface area (Å²) in [6, 6.07) is 5.80. The largest absolute Gasteiger partial charge is 0.349 e. The van der Waals surface area contributed by atoms with Gasteiger partial charge in [-0.1, -0.05) is 20.3 Å². The number of rotatable bonds is 3. The molecule has 1 unspecified atom stereocenters. The zero-order valence-electron chi connectivity index (χ0n) is 11.9. The van der Waals surface area contributed by atoms with Crippen molar-refractivity contribution in [2.24, 2.45) is 11.3 Å². The number of hydrogen-bond donors (Lipinski definition) is 3. The van der Waals surface area contributed by atoms with Crippen LogP contribution in [0, 0.1) is 12.3 Å². The Morgan fingerprint density at radius 1 is 1.42 bits per heavy atom. The highest BCUT2D eigenvalue weighted by molar-refractivity contribution is 5.96. The Bertz CT molecular complexity index is 482. The third-order valence-corrected chi connectivity index (χ3v) is 4.20. The number of nitrogens with one attached hydrogen (secondary N) is 2. The van der Waals surface area contributed by atoms with Crippen LogP contribution in [0.25, 0.3) is 0 Å². The number of hydrogen-bond acceptors (Lipinski definition) is 3. The van der Waals surface area contributed by atoms with E-state index in [0.29, 0.717) is 0 Å². The molecular weight excluding hydrogens is 238 g/mol. The van der Waals surface area contributed by atoms with E-state index in [0.717, 1.165) is 23.2 Å². The van der Waals surface area contributed by atoms with Crippen LogP contribution in [0.1, 0.15) is 49.0 Å². The first-order valence-electron chi connectivity index (χ1n) is 6.82. The lowest BCUT2D eigenvalue weighted by Crippen LogP contribution is -2.41. The minimum absolute atomic E-state index is 0.0149. The highest BCUT2D eigenvalue weighted by atomic mass is 16.1. The van der Waals surface area contributed by atoms with E-state index in [4.69, 9.17) is 5.84 Å². The number of nitrogen functional groups attached to an aromatic ring is 1. The first kappa shape index (κ1) is 13.9. The van der Waals surface area contributed by atoms with Gasteiger partial charge >= 0.3 is 0 Å². The summed E-state index contributed by atoms with van der Waals surface area (Å²) < 4.78 is 0. The van der Waals surface area contributed by atoms with Crippen molar-refractivity contribution in [3.05, 3.63) is 29.3 Å². The summed E-state index contributed by atoms with van der Waals surface area (Å²) in [5.74, 6) is 5.38. The summed E-state index contributed by atoms with van der Waals surface area (Å²) in [7, 11) is 0. The van der Waals surface area contributed by atoms with Crippen LogP contribution in [0.15, 0.2) is 18.2 Å². The molecule has 1 aromatic rings. The van der Waals surface area contributed by atoms with E-state index in [1.807, 2.05) is 25.1 Å². The van der Waals surface area contributed by atoms with Gasteiger partial charge in [-0.2, -0.15) is 0 Å². The van der Waals surface area contributed by atoms with E-state index < -0.39 is 0 Å². The Morgan fingerprint density at radius 3 is 2.68 bits per heavy atom. The number of hydrazine groups is 1. The molecule has 0 radical (unpaired) electrons. The quantitative estimate of drug-likeness (QED) is 0.578. The number of carbonyl (C=O) groups excluding carboxylic acids is 1. The Morgan fingerprint density at radius 2 is 2.16 bits per heavy atom. The molecular formula is C15H23N3O. The lowest BCUT2D eigenvalue weighted by Gasteiger charge is -2.28. The van der Waals surface area contributed by atoms with Crippen molar-refractivity contribution in [1.82, 2.24) is 5.32 Å². The molecule has 104 valence electrons. The predicted molar refractivity (Wildman–Crippen MR) is 77.9 cm³/mol. The van der Waals surface area contributed by atoms with Gasteiger partial charge in [0, 0.05) is 17.3 Å². The Balaban J connectivity index is 2.12. The average Bonchev–Trinajstić information content (AvgIpc) is 2.68. The lowest BCUT2D eigenvalue weighted by molar-refractivity contribution is 0.0909. The van der Waals surface area contributed by atoms with E-state index in [2.05, 4.69) is 24.6 Å².